The van der Waals surface area contributed by atoms with Crippen molar-refractivity contribution in [3.05, 3.63) is 42.3 Å². The van der Waals surface area contributed by atoms with Gasteiger partial charge in [0, 0.05) is 31.0 Å². The molecule has 0 radical (unpaired) electrons. The van der Waals surface area contributed by atoms with Crippen molar-refractivity contribution in [2.75, 3.05) is 20.8 Å². The predicted octanol–water partition coefficient (Wildman–Crippen LogP) is 2.08. The molecule has 9 heteroatoms. The summed E-state index contributed by atoms with van der Waals surface area (Å²) in [4.78, 5) is 20.5. The summed E-state index contributed by atoms with van der Waals surface area (Å²) in [7, 11) is 3.10. The zero-order valence-electron chi connectivity index (χ0n) is 15.4. The lowest BCUT2D eigenvalue weighted by atomic mass is 10.2. The molecular weight excluding hydrogens is 350 g/mol. The second-order valence-corrected chi connectivity index (χ2v) is 5.77. The number of benzene rings is 1. The van der Waals surface area contributed by atoms with Gasteiger partial charge in [-0.05, 0) is 31.5 Å². The number of methoxy groups -OCH3 is 2. The molecule has 1 amide bonds. The van der Waals surface area contributed by atoms with Crippen molar-refractivity contribution >= 4 is 5.91 Å². The molecular formula is C18H21N5O4. The number of aryl methyl sites for hydroxylation is 2. The molecule has 0 saturated carbocycles. The van der Waals surface area contributed by atoms with Gasteiger partial charge in [0.15, 0.2) is 11.5 Å². The number of hydrogen-bond acceptors (Lipinski definition) is 7. The Morgan fingerprint density at radius 1 is 1.26 bits per heavy atom. The Bertz CT molecular complexity index is 918. The van der Waals surface area contributed by atoms with Crippen LogP contribution in [0.1, 0.15) is 22.9 Å². The molecule has 0 unspecified atom stereocenters. The second-order valence-electron chi connectivity index (χ2n) is 5.77. The van der Waals surface area contributed by atoms with Crippen LogP contribution in [0.15, 0.2) is 35.1 Å². The van der Waals surface area contributed by atoms with Crippen LogP contribution in [0, 0.1) is 6.92 Å². The first-order chi connectivity index (χ1) is 13.1. The van der Waals surface area contributed by atoms with Gasteiger partial charge in [0.05, 0.1) is 14.2 Å². The van der Waals surface area contributed by atoms with Crippen LogP contribution in [0.25, 0.3) is 11.4 Å². The Balaban J connectivity index is 1.58. The quantitative estimate of drug-likeness (QED) is 0.605. The lowest BCUT2D eigenvalue weighted by Gasteiger charge is -2.07. The average molecular weight is 371 g/mol. The van der Waals surface area contributed by atoms with Crippen molar-refractivity contribution in [1.82, 2.24) is 25.0 Å². The van der Waals surface area contributed by atoms with E-state index in [1.165, 1.54) is 0 Å². The molecule has 2 aromatic heterocycles. The highest BCUT2D eigenvalue weighted by molar-refractivity contribution is 5.89. The maximum Gasteiger partial charge on any atom is 0.316 e. The Morgan fingerprint density at radius 3 is 2.78 bits per heavy atom. The molecule has 0 bridgehead atoms. The molecule has 2 heterocycles. The fourth-order valence-electron chi connectivity index (χ4n) is 2.58. The standard InChI is InChI=1S/C18H21N5O4/c1-12-19-8-10-23(12)9-4-7-20-17(24)18-21-16(22-27-18)13-5-6-14(25-2)15(11-13)26-3/h5-6,8,10-11H,4,7,9H2,1-3H3,(H,20,24). The normalized spacial score (nSPS) is 10.6. The Hall–Kier alpha value is -3.36. The van der Waals surface area contributed by atoms with Crippen LogP contribution in [-0.4, -0.2) is 46.4 Å². The molecule has 0 aliphatic rings. The summed E-state index contributed by atoms with van der Waals surface area (Å²) in [6.07, 6.45) is 4.42. The Morgan fingerprint density at radius 2 is 2.07 bits per heavy atom. The number of nitrogens with zero attached hydrogens (tertiary/aromatic N) is 4. The molecule has 9 nitrogen and oxygen atoms in total. The van der Waals surface area contributed by atoms with Gasteiger partial charge in [0.2, 0.25) is 5.82 Å². The summed E-state index contributed by atoms with van der Waals surface area (Å²) >= 11 is 0. The van der Waals surface area contributed by atoms with E-state index >= 15 is 0 Å². The summed E-state index contributed by atoms with van der Waals surface area (Å²) in [5.74, 6) is 1.89. The summed E-state index contributed by atoms with van der Waals surface area (Å²) < 4.78 is 17.6. The number of imidazole rings is 1. The summed E-state index contributed by atoms with van der Waals surface area (Å²) in [5.41, 5.74) is 0.658. The van der Waals surface area contributed by atoms with Crippen molar-refractivity contribution < 1.29 is 18.8 Å². The molecule has 0 spiro atoms. The molecule has 1 aromatic carbocycles. The van der Waals surface area contributed by atoms with Gasteiger partial charge in [-0.3, -0.25) is 4.79 Å². The van der Waals surface area contributed by atoms with Gasteiger partial charge in [-0.1, -0.05) is 5.16 Å². The van der Waals surface area contributed by atoms with Gasteiger partial charge in [-0.25, -0.2) is 4.98 Å². The molecule has 0 saturated heterocycles. The van der Waals surface area contributed by atoms with Crippen molar-refractivity contribution in [2.45, 2.75) is 19.9 Å². The van der Waals surface area contributed by atoms with Crippen molar-refractivity contribution in [1.29, 1.82) is 0 Å². The average Bonchev–Trinajstić information content (AvgIpc) is 3.34. The Labute approximate surface area is 156 Å². The maximum atomic E-state index is 12.2. The van der Waals surface area contributed by atoms with Crippen LogP contribution in [0.5, 0.6) is 11.5 Å². The van der Waals surface area contributed by atoms with Crippen LogP contribution < -0.4 is 14.8 Å². The smallest absolute Gasteiger partial charge is 0.316 e. The number of nitrogens with one attached hydrogen (secondary N) is 1. The van der Waals surface area contributed by atoms with Crippen molar-refractivity contribution in [3.8, 4) is 22.9 Å². The fourth-order valence-corrected chi connectivity index (χ4v) is 2.58. The number of carbonyl (C=O) groups is 1. The van der Waals surface area contributed by atoms with E-state index in [1.807, 2.05) is 17.7 Å². The minimum absolute atomic E-state index is 0.0846. The number of rotatable bonds is 8. The molecule has 142 valence electrons. The SMILES string of the molecule is COc1ccc(-c2noc(C(=O)NCCCn3ccnc3C)n2)cc1OC. The topological polar surface area (TPSA) is 104 Å². The molecule has 1 N–H and O–H groups in total. The minimum Gasteiger partial charge on any atom is -0.493 e. The van der Waals surface area contributed by atoms with Gasteiger partial charge in [-0.15, -0.1) is 0 Å². The van der Waals surface area contributed by atoms with Gasteiger partial charge in [-0.2, -0.15) is 4.98 Å². The molecule has 3 aromatic rings. The Kier molecular flexibility index (Phi) is 5.70. The molecule has 0 aliphatic heterocycles. The minimum atomic E-state index is -0.406. The first-order valence-corrected chi connectivity index (χ1v) is 8.44. The third kappa shape index (κ3) is 4.25. The van der Waals surface area contributed by atoms with Crippen LogP contribution >= 0.6 is 0 Å². The third-order valence-electron chi connectivity index (χ3n) is 4.05. The van der Waals surface area contributed by atoms with E-state index in [2.05, 4.69) is 20.4 Å². The highest BCUT2D eigenvalue weighted by atomic mass is 16.5. The highest BCUT2D eigenvalue weighted by Crippen LogP contribution is 2.31. The maximum absolute atomic E-state index is 12.2. The molecule has 0 aliphatic carbocycles. The molecule has 3 rings (SSSR count). The van der Waals surface area contributed by atoms with Gasteiger partial charge in [0.25, 0.3) is 0 Å². The van der Waals surface area contributed by atoms with Crippen LogP contribution in [0.4, 0.5) is 0 Å². The van der Waals surface area contributed by atoms with Crippen LogP contribution in [0.2, 0.25) is 0 Å². The molecule has 0 atom stereocenters. The molecule has 0 fully saturated rings. The number of hydrogen-bond donors (Lipinski definition) is 1. The van der Waals surface area contributed by atoms with Gasteiger partial charge in [0.1, 0.15) is 5.82 Å². The van der Waals surface area contributed by atoms with Crippen LogP contribution in [0.3, 0.4) is 0 Å². The lowest BCUT2D eigenvalue weighted by Crippen LogP contribution is -2.25. The zero-order valence-corrected chi connectivity index (χ0v) is 15.4. The summed E-state index contributed by atoms with van der Waals surface area (Å²) in [6.45, 7) is 3.20. The summed E-state index contributed by atoms with van der Waals surface area (Å²) in [5, 5.41) is 6.64. The lowest BCUT2D eigenvalue weighted by molar-refractivity contribution is 0.0909. The van der Waals surface area contributed by atoms with E-state index in [0.29, 0.717) is 29.4 Å². The predicted molar refractivity (Wildman–Crippen MR) is 96.8 cm³/mol. The monoisotopic (exact) mass is 371 g/mol. The van der Waals surface area contributed by atoms with Gasteiger partial charge < -0.3 is 23.9 Å². The number of amides is 1. The fraction of sp³-hybridized carbons (Fsp3) is 0.333. The second kappa shape index (κ2) is 8.35. The van der Waals surface area contributed by atoms with E-state index in [9.17, 15) is 4.79 Å². The van der Waals surface area contributed by atoms with E-state index in [-0.39, 0.29) is 5.89 Å². The van der Waals surface area contributed by atoms with E-state index in [1.54, 1.807) is 38.6 Å². The third-order valence-corrected chi connectivity index (χ3v) is 4.05. The van der Waals surface area contributed by atoms with Gasteiger partial charge >= 0.3 is 11.8 Å². The summed E-state index contributed by atoms with van der Waals surface area (Å²) in [6, 6.07) is 5.22. The molecule has 27 heavy (non-hydrogen) atoms. The number of carbonyl (C=O) groups excluding carboxylic acids is 1. The van der Waals surface area contributed by atoms with Crippen molar-refractivity contribution in [3.63, 3.8) is 0 Å². The zero-order chi connectivity index (χ0) is 19.2. The largest absolute Gasteiger partial charge is 0.493 e. The first kappa shape index (κ1) is 18.4. The number of ether oxygens (including phenoxy) is 2. The van der Waals surface area contributed by atoms with Crippen molar-refractivity contribution in [2.24, 2.45) is 0 Å². The van der Waals surface area contributed by atoms with E-state index < -0.39 is 5.91 Å². The van der Waals surface area contributed by atoms with E-state index in [4.69, 9.17) is 14.0 Å². The highest BCUT2D eigenvalue weighted by Gasteiger charge is 2.17. The number of aromatic nitrogens is 4. The first-order valence-electron chi connectivity index (χ1n) is 8.44. The van der Waals surface area contributed by atoms with Crippen LogP contribution in [-0.2, 0) is 6.54 Å². The van der Waals surface area contributed by atoms with E-state index in [0.717, 1.165) is 18.8 Å².